The van der Waals surface area contributed by atoms with Crippen molar-refractivity contribution < 1.29 is 4.74 Å². The van der Waals surface area contributed by atoms with Crippen LogP contribution < -0.4 is 4.74 Å². The SMILES string of the molecule is COc1nc2ccc(S(C)(C)S)cc2cc1Cc1ccc(Cl)cc1. The number of pyridine rings is 1. The quantitative estimate of drug-likeness (QED) is 0.461. The third kappa shape index (κ3) is 3.82. The van der Waals surface area contributed by atoms with E-state index in [9.17, 15) is 0 Å². The van der Waals surface area contributed by atoms with Crippen molar-refractivity contribution in [1.29, 1.82) is 0 Å². The smallest absolute Gasteiger partial charge is 0.217 e. The first-order chi connectivity index (χ1) is 11.4. The zero-order valence-corrected chi connectivity index (χ0v) is 16.4. The van der Waals surface area contributed by atoms with Crippen LogP contribution in [0.15, 0.2) is 53.4 Å². The van der Waals surface area contributed by atoms with Gasteiger partial charge < -0.3 is 4.74 Å². The van der Waals surface area contributed by atoms with Crippen LogP contribution in [0.5, 0.6) is 5.88 Å². The van der Waals surface area contributed by atoms with Crippen molar-refractivity contribution >= 4 is 43.2 Å². The Kier molecular flexibility index (Phi) is 5.00. The number of nitrogens with zero attached hydrogens (tertiary/aromatic N) is 1. The van der Waals surface area contributed by atoms with Crippen molar-refractivity contribution in [3.8, 4) is 5.88 Å². The Morgan fingerprint density at radius 2 is 1.79 bits per heavy atom. The molecule has 126 valence electrons. The van der Waals surface area contributed by atoms with E-state index in [-0.39, 0.29) is 0 Å². The largest absolute Gasteiger partial charge is 0.481 e. The lowest BCUT2D eigenvalue weighted by Gasteiger charge is -2.24. The summed E-state index contributed by atoms with van der Waals surface area (Å²) in [6.45, 7) is 0. The molecule has 0 saturated heterocycles. The molecule has 24 heavy (non-hydrogen) atoms. The molecule has 0 N–H and O–H groups in total. The number of fused-ring (bicyclic) bond motifs is 1. The molecule has 0 radical (unpaired) electrons. The molecule has 5 heteroatoms. The number of methoxy groups -OCH3 is 1. The van der Waals surface area contributed by atoms with Crippen LogP contribution in [0.25, 0.3) is 10.9 Å². The predicted molar refractivity (Wildman–Crippen MR) is 109 cm³/mol. The van der Waals surface area contributed by atoms with E-state index in [1.807, 2.05) is 30.3 Å². The summed E-state index contributed by atoms with van der Waals surface area (Å²) >= 11 is 10.7. The van der Waals surface area contributed by atoms with E-state index in [0.717, 1.165) is 27.9 Å². The molecule has 0 bridgehead atoms. The standard InChI is InChI=1S/C19H20ClNOS2/c1-22-19-15(10-13-4-6-16(20)7-5-13)11-14-12-17(24(2,3)23)8-9-18(14)21-19/h4-9,11-12,23H,10H2,1-3H3. The van der Waals surface area contributed by atoms with Crippen molar-refractivity contribution in [3.05, 3.63) is 64.7 Å². The van der Waals surface area contributed by atoms with Crippen molar-refractivity contribution in [2.24, 2.45) is 0 Å². The van der Waals surface area contributed by atoms with Crippen molar-refractivity contribution in [2.45, 2.75) is 11.3 Å². The molecule has 3 rings (SSSR count). The van der Waals surface area contributed by atoms with E-state index in [2.05, 4.69) is 35.7 Å². The lowest BCUT2D eigenvalue weighted by Crippen LogP contribution is -1.98. The first-order valence-electron chi connectivity index (χ1n) is 7.55. The van der Waals surface area contributed by atoms with Gasteiger partial charge in [-0.25, -0.2) is 4.98 Å². The summed E-state index contributed by atoms with van der Waals surface area (Å²) in [6, 6.07) is 16.4. The third-order valence-electron chi connectivity index (χ3n) is 3.90. The fourth-order valence-corrected chi connectivity index (χ4v) is 3.90. The molecular weight excluding hydrogens is 358 g/mol. The molecule has 0 saturated carbocycles. The molecule has 2 aromatic carbocycles. The lowest BCUT2D eigenvalue weighted by atomic mass is 10.0. The number of hydrogen-bond acceptors (Lipinski definition) is 3. The molecule has 0 aliphatic carbocycles. The van der Waals surface area contributed by atoms with Crippen LogP contribution >= 0.6 is 32.3 Å². The van der Waals surface area contributed by atoms with Crippen LogP contribution in [0.4, 0.5) is 0 Å². The second-order valence-electron chi connectivity index (χ2n) is 6.09. The molecular formula is C19H20ClNOS2. The van der Waals surface area contributed by atoms with Gasteiger partial charge in [0.25, 0.3) is 0 Å². The monoisotopic (exact) mass is 377 g/mol. The van der Waals surface area contributed by atoms with Gasteiger partial charge in [-0.3, -0.25) is 0 Å². The van der Waals surface area contributed by atoms with E-state index in [1.54, 1.807) is 7.11 Å². The molecule has 0 unspecified atom stereocenters. The van der Waals surface area contributed by atoms with E-state index < -0.39 is 9.06 Å². The Morgan fingerprint density at radius 3 is 2.42 bits per heavy atom. The van der Waals surface area contributed by atoms with Crippen LogP contribution in [-0.2, 0) is 6.42 Å². The first kappa shape index (κ1) is 17.5. The summed E-state index contributed by atoms with van der Waals surface area (Å²) in [5, 5.41) is 1.86. The summed E-state index contributed by atoms with van der Waals surface area (Å²) in [4.78, 5) is 5.92. The van der Waals surface area contributed by atoms with Gasteiger partial charge in [0.15, 0.2) is 0 Å². The topological polar surface area (TPSA) is 22.1 Å². The Labute approximate surface area is 154 Å². The maximum absolute atomic E-state index is 5.97. The second-order valence-corrected chi connectivity index (χ2v) is 12.3. The predicted octanol–water partition coefficient (Wildman–Crippen LogP) is 5.76. The first-order valence-corrected chi connectivity index (χ1v) is 11.4. The summed E-state index contributed by atoms with van der Waals surface area (Å²) in [5.41, 5.74) is 3.18. The Bertz CT molecular complexity index is 873. The normalized spacial score (nSPS) is 12.4. The third-order valence-corrected chi connectivity index (χ3v) is 6.20. The summed E-state index contributed by atoms with van der Waals surface area (Å²) in [5.74, 6) is 0.669. The van der Waals surface area contributed by atoms with E-state index in [4.69, 9.17) is 28.0 Å². The molecule has 0 fully saturated rings. The number of halogens is 1. The summed E-state index contributed by atoms with van der Waals surface area (Å²) in [7, 11) is 0.596. The van der Waals surface area contributed by atoms with Gasteiger partial charge in [0.05, 0.1) is 12.6 Å². The molecule has 0 aliphatic heterocycles. The van der Waals surface area contributed by atoms with E-state index in [0.29, 0.717) is 5.88 Å². The zero-order chi connectivity index (χ0) is 17.3. The molecule has 0 amide bonds. The summed E-state index contributed by atoms with van der Waals surface area (Å²) < 4.78 is 5.50. The molecule has 0 spiro atoms. The minimum Gasteiger partial charge on any atom is -0.481 e. The maximum Gasteiger partial charge on any atom is 0.217 e. The highest BCUT2D eigenvalue weighted by molar-refractivity contribution is 8.87. The number of benzene rings is 2. The van der Waals surface area contributed by atoms with Gasteiger partial charge in [-0.1, -0.05) is 23.7 Å². The number of aromatic nitrogens is 1. The second kappa shape index (κ2) is 6.87. The Morgan fingerprint density at radius 1 is 1.08 bits per heavy atom. The van der Waals surface area contributed by atoms with Crippen LogP contribution in [0.3, 0.4) is 0 Å². The molecule has 0 atom stereocenters. The number of thiol groups is 1. The number of rotatable bonds is 4. The van der Waals surface area contributed by atoms with Gasteiger partial charge in [0.1, 0.15) is 0 Å². The van der Waals surface area contributed by atoms with Crippen LogP contribution in [0.1, 0.15) is 11.1 Å². The van der Waals surface area contributed by atoms with Gasteiger partial charge in [0, 0.05) is 22.4 Å². The van der Waals surface area contributed by atoms with Gasteiger partial charge in [-0.05, 0) is 59.4 Å². The molecule has 3 aromatic rings. The zero-order valence-electron chi connectivity index (χ0n) is 13.9. The minimum atomic E-state index is -1.07. The average molecular weight is 378 g/mol. The highest BCUT2D eigenvalue weighted by atomic mass is 35.5. The van der Waals surface area contributed by atoms with Gasteiger partial charge in [0.2, 0.25) is 5.88 Å². The molecule has 0 aliphatic rings. The van der Waals surface area contributed by atoms with Crippen molar-refractivity contribution in [3.63, 3.8) is 0 Å². The molecule has 2 nitrogen and oxygen atoms in total. The molecule has 1 heterocycles. The summed E-state index contributed by atoms with van der Waals surface area (Å²) in [6.07, 6.45) is 5.09. The van der Waals surface area contributed by atoms with Crippen molar-refractivity contribution in [2.75, 3.05) is 19.6 Å². The number of hydrogen-bond donors (Lipinski definition) is 1. The fourth-order valence-electron chi connectivity index (χ4n) is 2.62. The van der Waals surface area contributed by atoms with Crippen molar-refractivity contribution in [1.82, 2.24) is 4.98 Å². The van der Waals surface area contributed by atoms with Crippen LogP contribution in [-0.4, -0.2) is 24.6 Å². The van der Waals surface area contributed by atoms with Gasteiger partial charge in [-0.15, -0.1) is 11.7 Å². The highest BCUT2D eigenvalue weighted by Gasteiger charge is 2.13. The fraction of sp³-hybridized carbons (Fsp3) is 0.211. The van der Waals surface area contributed by atoms with Gasteiger partial charge in [-0.2, -0.15) is 9.06 Å². The van der Waals surface area contributed by atoms with E-state index >= 15 is 0 Å². The molecule has 1 aromatic heterocycles. The average Bonchev–Trinajstić information content (AvgIpc) is 2.55. The van der Waals surface area contributed by atoms with Gasteiger partial charge >= 0.3 is 0 Å². The van der Waals surface area contributed by atoms with E-state index in [1.165, 1.54) is 10.5 Å². The number of ether oxygens (including phenoxy) is 1. The Hall–Kier alpha value is -1.36. The highest BCUT2D eigenvalue weighted by Crippen LogP contribution is 2.53. The minimum absolute atomic E-state index is 0.669. The maximum atomic E-state index is 5.97. The van der Waals surface area contributed by atoms with Crippen LogP contribution in [0, 0.1) is 0 Å². The lowest BCUT2D eigenvalue weighted by molar-refractivity contribution is 0.395. The van der Waals surface area contributed by atoms with Crippen LogP contribution in [0.2, 0.25) is 5.02 Å². The Balaban J connectivity index is 2.06.